The number of carbonyl (C=O) groups excluding carboxylic acids is 2. The largest absolute Gasteiger partial charge is 0.465 e. The number of rotatable bonds is 5. The highest BCUT2D eigenvalue weighted by Gasteiger charge is 2.42. The van der Waals surface area contributed by atoms with Gasteiger partial charge in [0.2, 0.25) is 5.91 Å². The Labute approximate surface area is 163 Å². The van der Waals surface area contributed by atoms with Crippen LogP contribution in [0.25, 0.3) is 0 Å². The van der Waals surface area contributed by atoms with Gasteiger partial charge >= 0.3 is 12.2 Å². The molecule has 152 valence electrons. The molecular weight excluding hydrogens is 364 g/mol. The maximum absolute atomic E-state index is 12.8. The van der Waals surface area contributed by atoms with Gasteiger partial charge in [0.1, 0.15) is 12.6 Å². The van der Waals surface area contributed by atoms with Crippen LogP contribution >= 0.6 is 0 Å². The summed E-state index contributed by atoms with van der Waals surface area (Å²) in [5.41, 5.74) is 6.82. The predicted molar refractivity (Wildman–Crippen MR) is 100 cm³/mol. The van der Waals surface area contributed by atoms with Crippen LogP contribution < -0.4 is 16.4 Å². The highest BCUT2D eigenvalue weighted by atomic mass is 16.5. The Morgan fingerprint density at radius 1 is 1.18 bits per heavy atom. The molecule has 3 amide bonds. The fourth-order valence-corrected chi connectivity index (χ4v) is 3.95. The SMILES string of the molecule is N[C@@H]1CC[C@H](N2CC[C@H](NC(=O)OCc3ccccc3)C2=O)[C@H](NC(=O)O)C1. The summed E-state index contributed by atoms with van der Waals surface area (Å²) in [7, 11) is 0. The van der Waals surface area contributed by atoms with E-state index < -0.39 is 24.3 Å². The Morgan fingerprint density at radius 2 is 1.93 bits per heavy atom. The molecule has 1 heterocycles. The lowest BCUT2D eigenvalue weighted by atomic mass is 9.86. The first kappa shape index (κ1) is 19.9. The molecule has 4 atom stereocenters. The van der Waals surface area contributed by atoms with Crippen molar-refractivity contribution in [3.05, 3.63) is 35.9 Å². The minimum absolute atomic E-state index is 0.0901. The van der Waals surface area contributed by atoms with Gasteiger partial charge in [-0.3, -0.25) is 4.79 Å². The number of amides is 3. The van der Waals surface area contributed by atoms with E-state index in [4.69, 9.17) is 15.6 Å². The highest BCUT2D eigenvalue weighted by Crippen LogP contribution is 2.27. The van der Waals surface area contributed by atoms with E-state index in [2.05, 4.69) is 10.6 Å². The van der Waals surface area contributed by atoms with Crippen molar-refractivity contribution < 1.29 is 24.2 Å². The number of ether oxygens (including phenoxy) is 1. The zero-order valence-corrected chi connectivity index (χ0v) is 15.5. The summed E-state index contributed by atoms with van der Waals surface area (Å²) < 4.78 is 5.18. The number of hydrogen-bond acceptors (Lipinski definition) is 5. The molecule has 0 bridgehead atoms. The third kappa shape index (κ3) is 4.92. The fourth-order valence-electron chi connectivity index (χ4n) is 3.95. The van der Waals surface area contributed by atoms with E-state index in [1.807, 2.05) is 30.3 Å². The minimum atomic E-state index is -1.13. The van der Waals surface area contributed by atoms with Crippen LogP contribution in [-0.2, 0) is 16.1 Å². The molecular formula is C19H26N4O5. The van der Waals surface area contributed by atoms with Crippen molar-refractivity contribution in [3.63, 3.8) is 0 Å². The normalized spacial score (nSPS) is 27.3. The molecule has 28 heavy (non-hydrogen) atoms. The van der Waals surface area contributed by atoms with Crippen molar-refractivity contribution in [1.29, 1.82) is 0 Å². The molecule has 1 saturated carbocycles. The number of hydrogen-bond donors (Lipinski definition) is 4. The molecule has 5 N–H and O–H groups in total. The second-order valence-electron chi connectivity index (χ2n) is 7.28. The summed E-state index contributed by atoms with van der Waals surface area (Å²) >= 11 is 0. The first-order valence-corrected chi connectivity index (χ1v) is 9.46. The van der Waals surface area contributed by atoms with Crippen molar-refractivity contribution in [2.45, 2.75) is 56.5 Å². The smallest absolute Gasteiger partial charge is 0.408 e. The summed E-state index contributed by atoms with van der Waals surface area (Å²) in [6.45, 7) is 0.586. The molecule has 1 aromatic rings. The topological polar surface area (TPSA) is 134 Å². The van der Waals surface area contributed by atoms with Crippen LogP contribution in [0.15, 0.2) is 30.3 Å². The molecule has 0 spiro atoms. The van der Waals surface area contributed by atoms with E-state index in [1.54, 1.807) is 4.90 Å². The maximum Gasteiger partial charge on any atom is 0.408 e. The van der Waals surface area contributed by atoms with Gasteiger partial charge in [0.15, 0.2) is 0 Å². The Bertz CT molecular complexity index is 714. The number of alkyl carbamates (subject to hydrolysis) is 1. The Balaban J connectivity index is 1.54. The van der Waals surface area contributed by atoms with E-state index in [0.29, 0.717) is 25.8 Å². The van der Waals surface area contributed by atoms with Crippen molar-refractivity contribution in [1.82, 2.24) is 15.5 Å². The van der Waals surface area contributed by atoms with Gasteiger partial charge in [0.25, 0.3) is 0 Å². The summed E-state index contributed by atoms with van der Waals surface area (Å²) in [5, 5.41) is 14.2. The first-order valence-electron chi connectivity index (χ1n) is 9.46. The molecule has 3 rings (SSSR count). The number of carbonyl (C=O) groups is 3. The van der Waals surface area contributed by atoms with E-state index in [0.717, 1.165) is 12.0 Å². The van der Waals surface area contributed by atoms with Crippen LogP contribution in [0.4, 0.5) is 9.59 Å². The number of carboxylic acid groups (broad SMARTS) is 1. The Morgan fingerprint density at radius 3 is 2.64 bits per heavy atom. The number of benzene rings is 1. The van der Waals surface area contributed by atoms with Crippen molar-refractivity contribution in [2.24, 2.45) is 5.73 Å². The number of nitrogens with two attached hydrogens (primary N) is 1. The predicted octanol–water partition coefficient (Wildman–Crippen LogP) is 1.03. The van der Waals surface area contributed by atoms with Crippen LogP contribution in [0.1, 0.15) is 31.2 Å². The second kappa shape index (κ2) is 8.92. The summed E-state index contributed by atoms with van der Waals surface area (Å²) in [5.74, 6) is -0.214. The van der Waals surface area contributed by atoms with Crippen molar-refractivity contribution >= 4 is 18.1 Å². The molecule has 9 nitrogen and oxygen atoms in total. The molecule has 1 aliphatic carbocycles. The number of nitrogens with one attached hydrogen (secondary N) is 2. The van der Waals surface area contributed by atoms with Gasteiger partial charge in [0.05, 0.1) is 12.1 Å². The molecule has 0 unspecified atom stereocenters. The van der Waals surface area contributed by atoms with Gasteiger partial charge in [-0.05, 0) is 31.2 Å². The third-order valence-corrected chi connectivity index (χ3v) is 5.31. The average molecular weight is 390 g/mol. The van der Waals surface area contributed by atoms with Gasteiger partial charge < -0.3 is 31.1 Å². The third-order valence-electron chi connectivity index (χ3n) is 5.31. The molecule has 2 aliphatic rings. The zero-order valence-electron chi connectivity index (χ0n) is 15.5. The lowest BCUT2D eigenvalue weighted by molar-refractivity contribution is -0.132. The number of nitrogens with zero attached hydrogens (tertiary/aromatic N) is 1. The monoisotopic (exact) mass is 390 g/mol. The van der Waals surface area contributed by atoms with Crippen LogP contribution in [-0.4, -0.2) is 58.8 Å². The van der Waals surface area contributed by atoms with E-state index in [-0.39, 0.29) is 24.6 Å². The molecule has 0 aromatic heterocycles. The van der Waals surface area contributed by atoms with Crippen LogP contribution in [0.3, 0.4) is 0 Å². The van der Waals surface area contributed by atoms with Gasteiger partial charge in [0, 0.05) is 12.6 Å². The van der Waals surface area contributed by atoms with Crippen LogP contribution in [0.2, 0.25) is 0 Å². The van der Waals surface area contributed by atoms with E-state index in [9.17, 15) is 14.4 Å². The summed E-state index contributed by atoms with van der Waals surface area (Å²) in [4.78, 5) is 37.6. The minimum Gasteiger partial charge on any atom is -0.465 e. The van der Waals surface area contributed by atoms with Crippen molar-refractivity contribution in [2.75, 3.05) is 6.54 Å². The lowest BCUT2D eigenvalue weighted by Crippen LogP contribution is -2.57. The fraction of sp³-hybridized carbons (Fsp3) is 0.526. The second-order valence-corrected chi connectivity index (χ2v) is 7.28. The van der Waals surface area contributed by atoms with Crippen LogP contribution in [0.5, 0.6) is 0 Å². The highest BCUT2D eigenvalue weighted by molar-refractivity contribution is 5.87. The van der Waals surface area contributed by atoms with Crippen LogP contribution in [0, 0.1) is 0 Å². The van der Waals surface area contributed by atoms with Gasteiger partial charge in [-0.1, -0.05) is 30.3 Å². The molecule has 9 heteroatoms. The standard InChI is InChI=1S/C19H26N4O5/c20-13-6-7-16(15(10-13)21-18(25)26)23-9-8-14(17(23)24)22-19(27)28-11-12-4-2-1-3-5-12/h1-5,13-16,21H,6-11,20H2,(H,22,27)(H,25,26)/t13-,14+,15-,16+/m1/s1. The maximum atomic E-state index is 12.8. The quantitative estimate of drug-likeness (QED) is 0.593. The molecule has 1 aliphatic heterocycles. The average Bonchev–Trinajstić information content (AvgIpc) is 3.01. The first-order chi connectivity index (χ1) is 13.4. The number of likely N-dealkylation sites (tertiary alicyclic amines) is 1. The van der Waals surface area contributed by atoms with Gasteiger partial charge in [-0.25, -0.2) is 9.59 Å². The van der Waals surface area contributed by atoms with E-state index in [1.165, 1.54) is 0 Å². The summed E-state index contributed by atoms with van der Waals surface area (Å²) in [6.07, 6.45) is 0.524. The van der Waals surface area contributed by atoms with Gasteiger partial charge in [-0.2, -0.15) is 0 Å². The van der Waals surface area contributed by atoms with Crippen molar-refractivity contribution in [3.8, 4) is 0 Å². The molecule has 2 fully saturated rings. The Hall–Kier alpha value is -2.81. The van der Waals surface area contributed by atoms with E-state index >= 15 is 0 Å². The zero-order chi connectivity index (χ0) is 20.1. The van der Waals surface area contributed by atoms with Gasteiger partial charge in [-0.15, -0.1) is 0 Å². The molecule has 0 radical (unpaired) electrons. The molecule has 1 saturated heterocycles. The Kier molecular flexibility index (Phi) is 6.35. The lowest BCUT2D eigenvalue weighted by Gasteiger charge is -2.40. The molecule has 1 aromatic carbocycles. The summed E-state index contributed by atoms with van der Waals surface area (Å²) in [6, 6.07) is 7.86.